The van der Waals surface area contributed by atoms with Crippen molar-refractivity contribution in [1.82, 2.24) is 4.90 Å². The molecule has 1 saturated heterocycles. The number of nitrogens with zero attached hydrogens (tertiary/aromatic N) is 2. The van der Waals surface area contributed by atoms with Crippen molar-refractivity contribution in [2.75, 3.05) is 38.2 Å². The number of nitro groups is 1. The van der Waals surface area contributed by atoms with Crippen LogP contribution in [-0.2, 0) is 4.74 Å². The molecule has 1 aliphatic rings. The molecule has 1 aromatic heterocycles. The third-order valence-corrected chi connectivity index (χ3v) is 4.71. The number of ether oxygens (including phenoxy) is 1. The van der Waals surface area contributed by atoms with Crippen molar-refractivity contribution >= 4 is 27.3 Å². The molecule has 0 saturated carbocycles. The molecular formula is C17H20BrN3O4. The van der Waals surface area contributed by atoms with Crippen LogP contribution in [-0.4, -0.2) is 42.7 Å². The summed E-state index contributed by atoms with van der Waals surface area (Å²) in [4.78, 5) is 13.2. The molecule has 0 bridgehead atoms. The number of benzene rings is 1. The molecule has 1 fully saturated rings. The van der Waals surface area contributed by atoms with Crippen molar-refractivity contribution < 1.29 is 14.1 Å². The lowest BCUT2D eigenvalue weighted by Crippen LogP contribution is -2.41. The topological polar surface area (TPSA) is 80.8 Å². The van der Waals surface area contributed by atoms with E-state index in [2.05, 4.69) is 26.1 Å². The van der Waals surface area contributed by atoms with Crippen LogP contribution < -0.4 is 5.32 Å². The third-order valence-electron chi connectivity index (χ3n) is 4.22. The fourth-order valence-corrected chi connectivity index (χ4v) is 3.29. The molecule has 134 valence electrons. The minimum absolute atomic E-state index is 0.0131. The van der Waals surface area contributed by atoms with Crippen molar-refractivity contribution in [2.24, 2.45) is 0 Å². The Bertz CT molecular complexity index is 743. The number of hydrogen-bond acceptors (Lipinski definition) is 6. The Hall–Kier alpha value is -1.90. The maximum absolute atomic E-state index is 11.3. The van der Waals surface area contributed by atoms with Crippen LogP contribution in [0.15, 0.2) is 39.2 Å². The molecule has 1 atom stereocenters. The van der Waals surface area contributed by atoms with Gasteiger partial charge >= 0.3 is 0 Å². The molecule has 25 heavy (non-hydrogen) atoms. The highest BCUT2D eigenvalue weighted by atomic mass is 79.9. The summed E-state index contributed by atoms with van der Waals surface area (Å²) < 4.78 is 11.9. The fourth-order valence-electron chi connectivity index (χ4n) is 2.94. The summed E-state index contributed by atoms with van der Waals surface area (Å²) in [6.45, 7) is 5.37. The number of morpholine rings is 1. The van der Waals surface area contributed by atoms with Crippen LogP contribution >= 0.6 is 15.9 Å². The summed E-state index contributed by atoms with van der Waals surface area (Å²) in [6, 6.07) is 8.89. The summed E-state index contributed by atoms with van der Waals surface area (Å²) >= 11 is 3.28. The van der Waals surface area contributed by atoms with Gasteiger partial charge in [-0.25, -0.2) is 0 Å². The maximum Gasteiger partial charge on any atom is 0.293 e. The molecule has 3 rings (SSSR count). The first-order valence-electron chi connectivity index (χ1n) is 8.10. The SMILES string of the molecule is Cc1ccc(C(CNc2ccc(Br)cc2[N+](=O)[O-])N2CCOCC2)o1. The van der Waals surface area contributed by atoms with Gasteiger partial charge in [0, 0.05) is 30.2 Å². The molecule has 7 nitrogen and oxygen atoms in total. The van der Waals surface area contributed by atoms with Gasteiger partial charge in [0.25, 0.3) is 5.69 Å². The van der Waals surface area contributed by atoms with E-state index in [1.165, 1.54) is 6.07 Å². The van der Waals surface area contributed by atoms with Gasteiger partial charge < -0.3 is 14.5 Å². The maximum atomic E-state index is 11.3. The normalized spacial score (nSPS) is 16.6. The first-order chi connectivity index (χ1) is 12.0. The summed E-state index contributed by atoms with van der Waals surface area (Å²) in [6.07, 6.45) is 0. The van der Waals surface area contributed by atoms with Gasteiger partial charge in [0.05, 0.1) is 24.2 Å². The van der Waals surface area contributed by atoms with Crippen molar-refractivity contribution in [2.45, 2.75) is 13.0 Å². The van der Waals surface area contributed by atoms with Crippen LogP contribution in [0, 0.1) is 17.0 Å². The number of halogens is 1. The van der Waals surface area contributed by atoms with Crippen LogP contribution in [0.5, 0.6) is 0 Å². The van der Waals surface area contributed by atoms with Crippen LogP contribution in [0.2, 0.25) is 0 Å². The minimum atomic E-state index is -0.381. The monoisotopic (exact) mass is 409 g/mol. The van der Waals surface area contributed by atoms with Crippen LogP contribution in [0.25, 0.3) is 0 Å². The second kappa shape index (κ2) is 7.99. The van der Waals surface area contributed by atoms with Crippen molar-refractivity contribution in [3.05, 3.63) is 56.4 Å². The van der Waals surface area contributed by atoms with Gasteiger partial charge in [-0.2, -0.15) is 0 Å². The van der Waals surface area contributed by atoms with E-state index in [0.717, 1.165) is 24.6 Å². The second-order valence-electron chi connectivity index (χ2n) is 5.91. The molecule has 1 N–H and O–H groups in total. The van der Waals surface area contributed by atoms with E-state index >= 15 is 0 Å². The van der Waals surface area contributed by atoms with Gasteiger partial charge in [-0.3, -0.25) is 15.0 Å². The van der Waals surface area contributed by atoms with Gasteiger partial charge in [0.2, 0.25) is 0 Å². The average Bonchev–Trinajstić information content (AvgIpc) is 3.03. The zero-order valence-electron chi connectivity index (χ0n) is 13.9. The van der Waals surface area contributed by atoms with Crippen molar-refractivity contribution in [1.29, 1.82) is 0 Å². The molecular weight excluding hydrogens is 390 g/mol. The van der Waals surface area contributed by atoms with Gasteiger partial charge in [0.1, 0.15) is 17.2 Å². The summed E-state index contributed by atoms with van der Waals surface area (Å²) in [5, 5.41) is 14.5. The number of nitro benzene ring substituents is 1. The zero-order chi connectivity index (χ0) is 17.8. The Morgan fingerprint density at radius 3 is 2.72 bits per heavy atom. The molecule has 8 heteroatoms. The number of furan rings is 1. The first-order valence-corrected chi connectivity index (χ1v) is 8.90. The van der Waals surface area contributed by atoms with E-state index in [4.69, 9.17) is 9.15 Å². The van der Waals surface area contributed by atoms with E-state index in [1.807, 2.05) is 19.1 Å². The highest BCUT2D eigenvalue weighted by Crippen LogP contribution is 2.30. The molecule has 1 unspecified atom stereocenters. The van der Waals surface area contributed by atoms with Crippen molar-refractivity contribution in [3.8, 4) is 0 Å². The number of nitrogens with one attached hydrogen (secondary N) is 1. The fraction of sp³-hybridized carbons (Fsp3) is 0.412. The number of anilines is 1. The molecule has 1 aliphatic heterocycles. The Kier molecular flexibility index (Phi) is 5.72. The quantitative estimate of drug-likeness (QED) is 0.577. The van der Waals surface area contributed by atoms with Gasteiger partial charge in [-0.1, -0.05) is 15.9 Å². The standard InChI is InChI=1S/C17H20BrN3O4/c1-12-2-5-17(25-12)16(20-6-8-24-9-7-20)11-19-14-4-3-13(18)10-15(14)21(22)23/h2-5,10,16,19H,6-9,11H2,1H3. The predicted molar refractivity (Wildman–Crippen MR) is 97.9 cm³/mol. The Balaban J connectivity index is 1.80. The predicted octanol–water partition coefficient (Wildman–Crippen LogP) is 3.74. The van der Waals surface area contributed by atoms with Crippen LogP contribution in [0.4, 0.5) is 11.4 Å². The van der Waals surface area contributed by atoms with Gasteiger partial charge in [-0.15, -0.1) is 0 Å². The summed E-state index contributed by atoms with van der Waals surface area (Å²) in [5.41, 5.74) is 0.542. The van der Waals surface area contributed by atoms with Crippen LogP contribution in [0.3, 0.4) is 0 Å². The molecule has 0 aliphatic carbocycles. The molecule has 0 radical (unpaired) electrons. The van der Waals surface area contributed by atoms with E-state index < -0.39 is 0 Å². The Labute approximate surface area is 154 Å². The smallest absolute Gasteiger partial charge is 0.293 e. The lowest BCUT2D eigenvalue weighted by atomic mass is 10.1. The zero-order valence-corrected chi connectivity index (χ0v) is 15.5. The molecule has 0 amide bonds. The highest BCUT2D eigenvalue weighted by Gasteiger charge is 2.26. The lowest BCUT2D eigenvalue weighted by Gasteiger charge is -2.33. The Morgan fingerprint density at radius 1 is 1.32 bits per heavy atom. The average molecular weight is 410 g/mol. The van der Waals surface area contributed by atoms with Crippen molar-refractivity contribution in [3.63, 3.8) is 0 Å². The molecule has 0 spiro atoms. The summed E-state index contributed by atoms with van der Waals surface area (Å²) in [5.74, 6) is 1.70. The van der Waals surface area contributed by atoms with E-state index in [1.54, 1.807) is 12.1 Å². The number of aryl methyl sites for hydroxylation is 1. The minimum Gasteiger partial charge on any atom is -0.465 e. The third kappa shape index (κ3) is 4.39. The van der Waals surface area contributed by atoms with Gasteiger partial charge in [0.15, 0.2) is 0 Å². The number of rotatable bonds is 6. The largest absolute Gasteiger partial charge is 0.465 e. The van der Waals surface area contributed by atoms with E-state index in [9.17, 15) is 10.1 Å². The van der Waals surface area contributed by atoms with Crippen LogP contribution in [0.1, 0.15) is 17.6 Å². The Morgan fingerprint density at radius 2 is 2.08 bits per heavy atom. The molecule has 2 heterocycles. The molecule has 1 aromatic carbocycles. The lowest BCUT2D eigenvalue weighted by molar-refractivity contribution is -0.384. The first kappa shape index (κ1) is 17.9. The summed E-state index contributed by atoms with van der Waals surface area (Å²) in [7, 11) is 0. The van der Waals surface area contributed by atoms with Gasteiger partial charge in [-0.05, 0) is 31.2 Å². The highest BCUT2D eigenvalue weighted by molar-refractivity contribution is 9.10. The second-order valence-corrected chi connectivity index (χ2v) is 6.83. The molecule has 2 aromatic rings. The van der Waals surface area contributed by atoms with E-state index in [-0.39, 0.29) is 16.7 Å². The van der Waals surface area contributed by atoms with E-state index in [0.29, 0.717) is 29.9 Å². The number of hydrogen-bond donors (Lipinski definition) is 1.